The molecular formula is C27H41NO11. The average Bonchev–Trinajstić information content (AvgIpc) is 2.91. The second-order valence-corrected chi connectivity index (χ2v) is 8.60. The van der Waals surface area contributed by atoms with E-state index in [2.05, 4.69) is 5.32 Å². The Labute approximate surface area is 229 Å². The van der Waals surface area contributed by atoms with Crippen molar-refractivity contribution in [2.45, 2.75) is 78.4 Å². The number of esters is 1. The quantitative estimate of drug-likeness (QED) is 0.120. The summed E-state index contributed by atoms with van der Waals surface area (Å²) >= 11 is 0. The molecule has 0 bridgehead atoms. The molecule has 39 heavy (non-hydrogen) atoms. The van der Waals surface area contributed by atoms with Crippen LogP contribution in [0.2, 0.25) is 0 Å². The van der Waals surface area contributed by atoms with Crippen LogP contribution >= 0.6 is 0 Å². The summed E-state index contributed by atoms with van der Waals surface area (Å²) in [5.74, 6) is -0.707. The van der Waals surface area contributed by atoms with E-state index in [1.54, 1.807) is 13.0 Å². The Hall–Kier alpha value is -3.54. The van der Waals surface area contributed by atoms with Crippen LogP contribution in [0.5, 0.6) is 11.5 Å². The van der Waals surface area contributed by atoms with Crippen LogP contribution in [0.4, 0.5) is 14.4 Å². The molecule has 0 aliphatic carbocycles. The summed E-state index contributed by atoms with van der Waals surface area (Å²) in [6, 6.07) is 3.63. The molecule has 0 amide bonds. The van der Waals surface area contributed by atoms with E-state index in [4.69, 9.17) is 33.2 Å². The molecule has 1 rings (SSSR count). The van der Waals surface area contributed by atoms with Gasteiger partial charge in [0.05, 0.1) is 26.9 Å². The number of nitrogens with one attached hydrogen (secondary N) is 1. The Kier molecular flexibility index (Phi) is 16.8. The van der Waals surface area contributed by atoms with Crippen molar-refractivity contribution < 1.29 is 52.3 Å². The summed E-state index contributed by atoms with van der Waals surface area (Å²) < 4.78 is 35.5. The van der Waals surface area contributed by atoms with E-state index in [9.17, 15) is 19.2 Å². The smallest absolute Gasteiger partial charge is 0.468 e. The highest BCUT2D eigenvalue weighted by Crippen LogP contribution is 2.30. The van der Waals surface area contributed by atoms with E-state index in [0.29, 0.717) is 18.4 Å². The Balaban J connectivity index is 2.91. The first kappa shape index (κ1) is 33.5. The van der Waals surface area contributed by atoms with Gasteiger partial charge in [-0.1, -0.05) is 39.7 Å². The van der Waals surface area contributed by atoms with Gasteiger partial charge < -0.3 is 38.5 Å². The van der Waals surface area contributed by atoms with E-state index < -0.39 is 36.6 Å². The summed E-state index contributed by atoms with van der Waals surface area (Å²) in [5.41, 5.74) is 0.550. The zero-order valence-electron chi connectivity index (χ0n) is 23.4. The van der Waals surface area contributed by atoms with Gasteiger partial charge in [0.15, 0.2) is 11.5 Å². The third-order valence-corrected chi connectivity index (χ3v) is 5.09. The number of ether oxygens (including phenoxy) is 7. The summed E-state index contributed by atoms with van der Waals surface area (Å²) in [5, 5.41) is 3.01. The fourth-order valence-electron chi connectivity index (χ4n) is 3.13. The standard InChI is InChI=1S/C27H41NO11/c1-6-9-10-15-36-25(30)37-19(4)18-28-21(24(29)33-5)16-20-11-12-22(38-26(31)34-13-7-2)23(17-20)39-27(32)35-14-8-3/h11-12,17,19,21,28H,6-10,13-16,18H2,1-5H3/t19?,21-/m0/s1. The molecule has 12 nitrogen and oxygen atoms in total. The lowest BCUT2D eigenvalue weighted by Crippen LogP contribution is -2.43. The highest BCUT2D eigenvalue weighted by Gasteiger charge is 2.23. The lowest BCUT2D eigenvalue weighted by Gasteiger charge is -2.20. The molecule has 0 aliphatic rings. The fourth-order valence-corrected chi connectivity index (χ4v) is 3.13. The van der Waals surface area contributed by atoms with Crippen molar-refractivity contribution in [2.24, 2.45) is 0 Å². The van der Waals surface area contributed by atoms with Crippen LogP contribution in [0, 0.1) is 0 Å². The minimum absolute atomic E-state index is 0.0599. The summed E-state index contributed by atoms with van der Waals surface area (Å²) in [4.78, 5) is 48.3. The number of benzene rings is 1. The molecule has 0 spiro atoms. The number of carbonyl (C=O) groups excluding carboxylic acids is 4. The second-order valence-electron chi connectivity index (χ2n) is 8.60. The zero-order chi connectivity index (χ0) is 29.0. The van der Waals surface area contributed by atoms with Gasteiger partial charge in [-0.25, -0.2) is 14.4 Å². The number of carbonyl (C=O) groups is 4. The second kappa shape index (κ2) is 19.5. The van der Waals surface area contributed by atoms with Gasteiger partial charge in [-0.05, 0) is 50.3 Å². The molecule has 1 aromatic carbocycles. The molecule has 0 fully saturated rings. The number of hydrogen-bond donors (Lipinski definition) is 1. The van der Waals surface area contributed by atoms with Gasteiger partial charge >= 0.3 is 24.4 Å². The molecule has 220 valence electrons. The maximum atomic E-state index is 12.4. The lowest BCUT2D eigenvalue weighted by atomic mass is 10.0. The van der Waals surface area contributed by atoms with E-state index in [1.807, 2.05) is 20.8 Å². The van der Waals surface area contributed by atoms with Crippen molar-refractivity contribution >= 4 is 24.4 Å². The largest absolute Gasteiger partial charge is 0.513 e. The van der Waals surface area contributed by atoms with Crippen molar-refractivity contribution in [1.29, 1.82) is 0 Å². The minimum Gasteiger partial charge on any atom is -0.468 e. The number of hydrogen-bond acceptors (Lipinski definition) is 12. The maximum Gasteiger partial charge on any atom is 0.513 e. The number of rotatable bonds is 17. The molecule has 12 heteroatoms. The van der Waals surface area contributed by atoms with Gasteiger partial charge in [0.1, 0.15) is 12.1 Å². The molecular weight excluding hydrogens is 514 g/mol. The van der Waals surface area contributed by atoms with Crippen molar-refractivity contribution in [1.82, 2.24) is 5.32 Å². The van der Waals surface area contributed by atoms with E-state index in [1.165, 1.54) is 19.2 Å². The first-order valence-corrected chi connectivity index (χ1v) is 13.2. The lowest BCUT2D eigenvalue weighted by molar-refractivity contribution is -0.143. The van der Waals surface area contributed by atoms with Crippen molar-refractivity contribution in [3.8, 4) is 11.5 Å². The maximum absolute atomic E-state index is 12.4. The minimum atomic E-state index is -0.976. The average molecular weight is 556 g/mol. The summed E-state index contributed by atoms with van der Waals surface area (Å²) in [6.45, 7) is 8.10. The van der Waals surface area contributed by atoms with Crippen LogP contribution < -0.4 is 14.8 Å². The molecule has 1 aromatic rings. The Morgan fingerprint density at radius 3 is 2.00 bits per heavy atom. The first-order chi connectivity index (χ1) is 18.7. The van der Waals surface area contributed by atoms with Crippen LogP contribution in [0.1, 0.15) is 65.4 Å². The van der Waals surface area contributed by atoms with Gasteiger partial charge in [-0.15, -0.1) is 0 Å². The Morgan fingerprint density at radius 1 is 0.795 bits per heavy atom. The molecule has 0 heterocycles. The summed E-state index contributed by atoms with van der Waals surface area (Å²) in [6.07, 6.45) is 0.724. The van der Waals surface area contributed by atoms with Crippen LogP contribution in [0.15, 0.2) is 18.2 Å². The molecule has 0 aliphatic heterocycles. The van der Waals surface area contributed by atoms with Crippen molar-refractivity contribution in [3.63, 3.8) is 0 Å². The van der Waals surface area contributed by atoms with E-state index in [0.717, 1.165) is 19.3 Å². The SMILES string of the molecule is CCCCCOC(=O)OC(C)CN[C@@H](Cc1ccc(OC(=O)OCCC)c(OC(=O)OCCC)c1)C(=O)OC. The fraction of sp³-hybridized carbons (Fsp3) is 0.630. The highest BCUT2D eigenvalue weighted by molar-refractivity contribution is 5.76. The normalized spacial score (nSPS) is 12.0. The van der Waals surface area contributed by atoms with Crippen LogP contribution in [-0.2, 0) is 34.9 Å². The molecule has 0 saturated carbocycles. The molecule has 0 saturated heterocycles. The molecule has 0 radical (unpaired) electrons. The predicted molar refractivity (Wildman–Crippen MR) is 140 cm³/mol. The van der Waals surface area contributed by atoms with Crippen LogP contribution in [0.3, 0.4) is 0 Å². The van der Waals surface area contributed by atoms with Crippen molar-refractivity contribution in [3.05, 3.63) is 23.8 Å². The van der Waals surface area contributed by atoms with Crippen LogP contribution in [0.25, 0.3) is 0 Å². The molecule has 0 aromatic heterocycles. The molecule has 1 unspecified atom stereocenters. The van der Waals surface area contributed by atoms with Gasteiger partial charge in [0.25, 0.3) is 0 Å². The van der Waals surface area contributed by atoms with E-state index in [-0.39, 0.29) is 44.3 Å². The first-order valence-electron chi connectivity index (χ1n) is 13.2. The molecule has 2 atom stereocenters. The highest BCUT2D eigenvalue weighted by atomic mass is 16.7. The molecule has 1 N–H and O–H groups in total. The van der Waals surface area contributed by atoms with Gasteiger partial charge in [-0.3, -0.25) is 4.79 Å². The third kappa shape index (κ3) is 14.3. The monoisotopic (exact) mass is 555 g/mol. The predicted octanol–water partition coefficient (Wildman–Crippen LogP) is 4.94. The Morgan fingerprint density at radius 2 is 1.41 bits per heavy atom. The van der Waals surface area contributed by atoms with Gasteiger partial charge in [-0.2, -0.15) is 0 Å². The number of methoxy groups -OCH3 is 1. The van der Waals surface area contributed by atoms with Crippen molar-refractivity contribution in [2.75, 3.05) is 33.5 Å². The van der Waals surface area contributed by atoms with Gasteiger partial charge in [0.2, 0.25) is 0 Å². The Bertz CT molecular complexity index is 906. The van der Waals surface area contributed by atoms with E-state index >= 15 is 0 Å². The topological polar surface area (TPSA) is 145 Å². The number of unbranched alkanes of at least 4 members (excludes halogenated alkanes) is 2. The van der Waals surface area contributed by atoms with Gasteiger partial charge in [0, 0.05) is 6.54 Å². The third-order valence-electron chi connectivity index (χ3n) is 5.09. The zero-order valence-corrected chi connectivity index (χ0v) is 23.4. The summed E-state index contributed by atoms with van der Waals surface area (Å²) in [7, 11) is 1.25. The van der Waals surface area contributed by atoms with Crippen LogP contribution in [-0.4, -0.2) is 70.1 Å².